The van der Waals surface area contributed by atoms with Crippen molar-refractivity contribution in [3.8, 4) is 11.1 Å². The van der Waals surface area contributed by atoms with E-state index in [1.54, 1.807) is 36.0 Å². The number of carbonyl (C=O) groups is 2. The number of rotatable bonds is 14. The molecule has 2 amide bonds. The molecule has 4 aromatic carbocycles. The smallest absolute Gasteiger partial charge is 0.224 e. The summed E-state index contributed by atoms with van der Waals surface area (Å²) >= 11 is 1.56. The SMILES string of the molecule is Nc1ccccc1NC(=O)CCCC(=O)NCc1cccc(-c2ccc([C@H]3O[C@@H](CSc4ncn[nH]4)C[C@@H](c4ccc(CO)cc4)O3)cc2)c1. The maximum atomic E-state index is 12.5. The lowest BCUT2D eigenvalue weighted by Crippen LogP contribution is -2.31. The normalized spacial score (nSPS) is 17.3. The van der Waals surface area contributed by atoms with Gasteiger partial charge in [-0.1, -0.05) is 90.6 Å². The minimum atomic E-state index is -0.565. The first kappa shape index (κ1) is 34.8. The van der Waals surface area contributed by atoms with Crippen molar-refractivity contribution in [3.63, 3.8) is 0 Å². The molecule has 1 aromatic heterocycles. The maximum absolute atomic E-state index is 12.5. The molecule has 11 nitrogen and oxygen atoms in total. The van der Waals surface area contributed by atoms with Crippen LogP contribution in [0.2, 0.25) is 0 Å². The molecule has 0 bridgehead atoms. The Morgan fingerprint density at radius 1 is 0.880 bits per heavy atom. The summed E-state index contributed by atoms with van der Waals surface area (Å²) in [6.45, 7) is 0.376. The lowest BCUT2D eigenvalue weighted by Gasteiger charge is -2.36. The first-order valence-electron chi connectivity index (χ1n) is 16.5. The molecule has 6 rings (SSSR count). The number of nitrogens with two attached hydrogens (primary N) is 1. The van der Waals surface area contributed by atoms with Crippen LogP contribution in [0.15, 0.2) is 109 Å². The van der Waals surface area contributed by atoms with E-state index in [9.17, 15) is 14.7 Å². The summed E-state index contributed by atoms with van der Waals surface area (Å²) in [6.07, 6.45) is 2.24. The summed E-state index contributed by atoms with van der Waals surface area (Å²) in [5.74, 6) is 0.395. The zero-order valence-electron chi connectivity index (χ0n) is 27.5. The molecule has 5 aromatic rings. The Morgan fingerprint density at radius 2 is 1.66 bits per heavy atom. The summed E-state index contributed by atoms with van der Waals surface area (Å²) in [6, 6.07) is 31.1. The topological polar surface area (TPSA) is 164 Å². The van der Waals surface area contributed by atoms with E-state index < -0.39 is 6.29 Å². The molecule has 2 heterocycles. The van der Waals surface area contributed by atoms with Gasteiger partial charge in [-0.2, -0.15) is 5.10 Å². The van der Waals surface area contributed by atoms with Gasteiger partial charge in [0.1, 0.15) is 6.33 Å². The number of aliphatic hydroxyl groups is 1. The second-order valence-electron chi connectivity index (χ2n) is 12.0. The van der Waals surface area contributed by atoms with E-state index in [1.165, 1.54) is 6.33 Å². The summed E-state index contributed by atoms with van der Waals surface area (Å²) in [5, 5.41) is 22.8. The average molecular weight is 693 g/mol. The number of anilines is 2. The summed E-state index contributed by atoms with van der Waals surface area (Å²) < 4.78 is 12.9. The number of para-hydroxylation sites is 2. The van der Waals surface area contributed by atoms with E-state index in [2.05, 4.69) is 31.9 Å². The number of thioether (sulfide) groups is 1. The fourth-order valence-corrected chi connectivity index (χ4v) is 6.47. The van der Waals surface area contributed by atoms with Crippen LogP contribution in [0.3, 0.4) is 0 Å². The monoisotopic (exact) mass is 692 g/mol. The van der Waals surface area contributed by atoms with Gasteiger partial charge < -0.3 is 30.9 Å². The predicted octanol–water partition coefficient (Wildman–Crippen LogP) is 6.31. The fraction of sp³-hybridized carbons (Fsp3) is 0.263. The van der Waals surface area contributed by atoms with Crippen LogP contribution in [0.4, 0.5) is 11.4 Å². The van der Waals surface area contributed by atoms with Crippen molar-refractivity contribution in [3.05, 3.63) is 126 Å². The Hall–Kier alpha value is -5.01. The third kappa shape index (κ3) is 9.57. The third-order valence-electron chi connectivity index (χ3n) is 8.39. The standard InChI is InChI=1S/C38H40N6O5S/c39-32-7-1-2-8-33(32)43-36(47)10-4-9-35(46)40-21-26-5-3-6-30(19-26)27-15-17-29(18-16-27)37-48-31(23-50-38-41-24-42-44-38)20-34(49-37)28-13-11-25(22-45)12-14-28/h1-3,5-8,11-19,24,31,34,37,45H,4,9-10,20-23,39H2,(H,40,46)(H,43,47)(H,41,42,44)/t31-,34+,37+/m1/s1. The first-order chi connectivity index (χ1) is 24.4. The predicted molar refractivity (Wildman–Crippen MR) is 193 cm³/mol. The number of ether oxygens (including phenoxy) is 2. The quantitative estimate of drug-likeness (QED) is 0.0663. The molecular weight excluding hydrogens is 653 g/mol. The summed E-state index contributed by atoms with van der Waals surface area (Å²) in [7, 11) is 0. The Kier molecular flexibility index (Phi) is 11.9. The molecule has 0 saturated carbocycles. The third-order valence-corrected chi connectivity index (χ3v) is 9.40. The summed E-state index contributed by atoms with van der Waals surface area (Å²) in [5.41, 5.74) is 12.8. The number of amides is 2. The number of nitrogen functional groups attached to an aromatic ring is 1. The number of aromatic nitrogens is 3. The van der Waals surface area contributed by atoms with Gasteiger partial charge in [0.25, 0.3) is 0 Å². The van der Waals surface area contributed by atoms with E-state index in [0.29, 0.717) is 36.5 Å². The summed E-state index contributed by atoms with van der Waals surface area (Å²) in [4.78, 5) is 29.0. The average Bonchev–Trinajstić information content (AvgIpc) is 3.68. The number of nitrogens with zero attached hydrogens (tertiary/aromatic N) is 2. The number of carbonyl (C=O) groups excluding carboxylic acids is 2. The number of aromatic amines is 1. The maximum Gasteiger partial charge on any atom is 0.224 e. The van der Waals surface area contributed by atoms with Crippen LogP contribution in [0.25, 0.3) is 11.1 Å². The van der Waals surface area contributed by atoms with Crippen molar-refractivity contribution >= 4 is 35.0 Å². The number of H-pyrrole nitrogens is 1. The highest BCUT2D eigenvalue weighted by Gasteiger charge is 2.32. The molecule has 1 saturated heterocycles. The highest BCUT2D eigenvalue weighted by Crippen LogP contribution is 2.39. The molecule has 12 heteroatoms. The molecule has 6 N–H and O–H groups in total. The van der Waals surface area contributed by atoms with Crippen molar-refractivity contribution in [1.29, 1.82) is 0 Å². The Morgan fingerprint density at radius 3 is 2.42 bits per heavy atom. The zero-order chi connectivity index (χ0) is 34.7. The van der Waals surface area contributed by atoms with Crippen molar-refractivity contribution in [2.75, 3.05) is 16.8 Å². The fourth-order valence-electron chi connectivity index (χ4n) is 5.67. The highest BCUT2D eigenvalue weighted by molar-refractivity contribution is 7.99. The van der Waals surface area contributed by atoms with E-state index >= 15 is 0 Å². The lowest BCUT2D eigenvalue weighted by molar-refractivity contribution is -0.245. The van der Waals surface area contributed by atoms with Gasteiger partial charge in [0.05, 0.1) is 30.2 Å². The van der Waals surface area contributed by atoms with Crippen LogP contribution >= 0.6 is 11.8 Å². The molecule has 1 aliphatic rings. The second kappa shape index (κ2) is 17.1. The van der Waals surface area contributed by atoms with Gasteiger partial charge in [0.15, 0.2) is 11.4 Å². The van der Waals surface area contributed by atoms with E-state index in [0.717, 1.165) is 38.5 Å². The second-order valence-corrected chi connectivity index (χ2v) is 13.0. The van der Waals surface area contributed by atoms with Gasteiger partial charge in [-0.25, -0.2) is 4.98 Å². The molecule has 258 valence electrons. The molecule has 1 aliphatic heterocycles. The van der Waals surface area contributed by atoms with Crippen LogP contribution in [-0.2, 0) is 32.2 Å². The molecule has 0 aliphatic carbocycles. The molecule has 3 atom stereocenters. The van der Waals surface area contributed by atoms with Crippen LogP contribution in [-0.4, -0.2) is 44.0 Å². The molecule has 0 radical (unpaired) electrons. The molecular formula is C38H40N6O5S. The molecule has 50 heavy (non-hydrogen) atoms. The number of aliphatic hydroxyl groups excluding tert-OH is 1. The number of hydrogen-bond donors (Lipinski definition) is 5. The van der Waals surface area contributed by atoms with Crippen LogP contribution in [0.5, 0.6) is 0 Å². The molecule has 1 fully saturated rings. The van der Waals surface area contributed by atoms with E-state index in [-0.39, 0.29) is 43.5 Å². The lowest BCUT2D eigenvalue weighted by atomic mass is 9.99. The van der Waals surface area contributed by atoms with Crippen LogP contribution < -0.4 is 16.4 Å². The van der Waals surface area contributed by atoms with Crippen molar-refractivity contribution in [2.45, 2.75) is 62.5 Å². The molecule has 0 spiro atoms. The minimum absolute atomic E-state index is 0.00807. The van der Waals surface area contributed by atoms with Gasteiger partial charge in [-0.3, -0.25) is 14.7 Å². The van der Waals surface area contributed by atoms with Crippen molar-refractivity contribution in [2.24, 2.45) is 0 Å². The van der Waals surface area contributed by atoms with Gasteiger partial charge in [0.2, 0.25) is 11.8 Å². The van der Waals surface area contributed by atoms with Gasteiger partial charge >= 0.3 is 0 Å². The Balaban J connectivity index is 1.03. The van der Waals surface area contributed by atoms with Gasteiger partial charge in [-0.15, -0.1) is 0 Å². The number of hydrogen-bond acceptors (Lipinski definition) is 9. The van der Waals surface area contributed by atoms with Crippen LogP contribution in [0, 0.1) is 0 Å². The van der Waals surface area contributed by atoms with E-state index in [4.69, 9.17) is 15.2 Å². The van der Waals surface area contributed by atoms with Crippen molar-refractivity contribution < 1.29 is 24.2 Å². The van der Waals surface area contributed by atoms with Crippen molar-refractivity contribution in [1.82, 2.24) is 20.5 Å². The van der Waals surface area contributed by atoms with Gasteiger partial charge in [0, 0.05) is 37.1 Å². The van der Waals surface area contributed by atoms with Crippen LogP contribution in [0.1, 0.15) is 60.3 Å². The Bertz CT molecular complexity index is 1850. The first-order valence-corrected chi connectivity index (χ1v) is 17.5. The largest absolute Gasteiger partial charge is 0.397 e. The van der Waals surface area contributed by atoms with E-state index in [1.807, 2.05) is 66.7 Å². The number of nitrogens with one attached hydrogen (secondary N) is 3. The number of benzene rings is 4. The molecule has 0 unspecified atom stereocenters. The minimum Gasteiger partial charge on any atom is -0.397 e. The highest BCUT2D eigenvalue weighted by atomic mass is 32.2. The Labute approximate surface area is 295 Å². The zero-order valence-corrected chi connectivity index (χ0v) is 28.3. The van der Waals surface area contributed by atoms with Gasteiger partial charge in [-0.05, 0) is 52.4 Å².